The molecule has 1 aliphatic rings. The van der Waals surface area contributed by atoms with E-state index < -0.39 is 0 Å². The summed E-state index contributed by atoms with van der Waals surface area (Å²) in [5.74, 6) is 0. The van der Waals surface area contributed by atoms with Crippen LogP contribution in [0, 0.1) is 6.08 Å². The van der Waals surface area contributed by atoms with Crippen molar-refractivity contribution >= 4 is 0 Å². The number of hydrogen-bond acceptors (Lipinski definition) is 0. The molecule has 0 aliphatic heterocycles. The van der Waals surface area contributed by atoms with Gasteiger partial charge in [0.25, 0.3) is 0 Å². The molecule has 0 saturated carbocycles. The lowest BCUT2D eigenvalue weighted by atomic mass is 10.1. The lowest BCUT2D eigenvalue weighted by Gasteiger charge is -1.95. The minimum atomic E-state index is 1.18. The molecule has 65 valence electrons. The summed E-state index contributed by atoms with van der Waals surface area (Å²) in [6.45, 7) is 6.49. The molecule has 0 aromatic carbocycles. The topological polar surface area (TPSA) is 0 Å². The van der Waals surface area contributed by atoms with Gasteiger partial charge in [-0.25, -0.2) is 0 Å². The zero-order chi connectivity index (χ0) is 8.97. The third kappa shape index (κ3) is 2.37. The van der Waals surface area contributed by atoms with Crippen LogP contribution >= 0.6 is 0 Å². The Balaban J connectivity index is 2.56. The van der Waals surface area contributed by atoms with Gasteiger partial charge in [-0.1, -0.05) is 31.1 Å². The second-order valence-electron chi connectivity index (χ2n) is 3.50. The molecule has 1 rings (SSSR count). The van der Waals surface area contributed by atoms with Crippen molar-refractivity contribution in [2.75, 3.05) is 0 Å². The predicted octanol–water partition coefficient (Wildman–Crippen LogP) is 3.81. The molecule has 12 heavy (non-hydrogen) atoms. The average Bonchev–Trinajstić information content (AvgIpc) is 2.48. The van der Waals surface area contributed by atoms with Gasteiger partial charge in [-0.3, -0.25) is 0 Å². The fourth-order valence-corrected chi connectivity index (χ4v) is 1.24. The molecule has 0 bridgehead atoms. The largest absolute Gasteiger partial charge is 0.0686 e. The lowest BCUT2D eigenvalue weighted by molar-refractivity contribution is 0.797. The van der Waals surface area contributed by atoms with Crippen LogP contribution in [0.1, 0.15) is 40.0 Å². The molecule has 0 nitrogen and oxygen atoms in total. The van der Waals surface area contributed by atoms with E-state index in [-0.39, 0.29) is 0 Å². The minimum Gasteiger partial charge on any atom is -0.0686 e. The van der Waals surface area contributed by atoms with E-state index in [9.17, 15) is 0 Å². The number of rotatable bonds is 3. The van der Waals surface area contributed by atoms with Crippen molar-refractivity contribution < 1.29 is 0 Å². The summed E-state index contributed by atoms with van der Waals surface area (Å²) >= 11 is 0. The van der Waals surface area contributed by atoms with Crippen LogP contribution in [-0.2, 0) is 0 Å². The Morgan fingerprint density at radius 2 is 2.08 bits per heavy atom. The fraction of sp³-hybridized carbons (Fsp3) is 0.500. The van der Waals surface area contributed by atoms with Gasteiger partial charge in [0.15, 0.2) is 0 Å². The van der Waals surface area contributed by atoms with Gasteiger partial charge in [0.2, 0.25) is 0 Å². The molecular formula is C12H17. The maximum absolute atomic E-state index is 3.41. The monoisotopic (exact) mass is 161 g/mol. The van der Waals surface area contributed by atoms with Gasteiger partial charge in [0, 0.05) is 0 Å². The van der Waals surface area contributed by atoms with Gasteiger partial charge in [-0.2, -0.15) is 0 Å². The van der Waals surface area contributed by atoms with Gasteiger partial charge in [0.1, 0.15) is 0 Å². The quantitative estimate of drug-likeness (QED) is 0.590. The zero-order valence-electron chi connectivity index (χ0n) is 8.28. The molecule has 0 spiro atoms. The summed E-state index contributed by atoms with van der Waals surface area (Å²) in [5.41, 5.74) is 4.01. The van der Waals surface area contributed by atoms with Crippen molar-refractivity contribution in [1.82, 2.24) is 0 Å². The highest BCUT2D eigenvalue weighted by Gasteiger charge is 2.02. The van der Waals surface area contributed by atoms with Crippen LogP contribution in [0.15, 0.2) is 28.9 Å². The highest BCUT2D eigenvalue weighted by Crippen LogP contribution is 2.20. The smallest absolute Gasteiger partial charge is 0.00712 e. The van der Waals surface area contributed by atoms with Crippen molar-refractivity contribution in [3.8, 4) is 0 Å². The maximum Gasteiger partial charge on any atom is -0.00712 e. The van der Waals surface area contributed by atoms with Crippen LogP contribution in [0.5, 0.6) is 0 Å². The molecule has 0 fully saturated rings. The van der Waals surface area contributed by atoms with Gasteiger partial charge >= 0.3 is 0 Å². The summed E-state index contributed by atoms with van der Waals surface area (Å²) in [4.78, 5) is 0. The van der Waals surface area contributed by atoms with Crippen LogP contribution in [0.25, 0.3) is 0 Å². The number of hydrogen-bond donors (Lipinski definition) is 0. The van der Waals surface area contributed by atoms with Gasteiger partial charge in [-0.15, -0.1) is 0 Å². The number of unbranched alkanes of at least 4 members (excludes halogenated alkanes) is 1. The Kier molecular flexibility index (Phi) is 3.33. The summed E-state index contributed by atoms with van der Waals surface area (Å²) in [7, 11) is 0. The minimum absolute atomic E-state index is 1.18. The third-order valence-electron chi connectivity index (χ3n) is 2.08. The van der Waals surface area contributed by atoms with Crippen molar-refractivity contribution in [2.24, 2.45) is 0 Å². The molecule has 0 aromatic heterocycles. The van der Waals surface area contributed by atoms with Crippen molar-refractivity contribution in [2.45, 2.75) is 40.0 Å². The first-order valence-corrected chi connectivity index (χ1v) is 4.72. The Bertz CT molecular complexity index is 235. The second-order valence-corrected chi connectivity index (χ2v) is 3.50. The maximum atomic E-state index is 3.41. The SMILES string of the molecule is CCCCC1=[C]C(=C(C)C)C=C1. The third-order valence-corrected chi connectivity index (χ3v) is 2.08. The lowest BCUT2D eigenvalue weighted by Crippen LogP contribution is -1.77. The van der Waals surface area contributed by atoms with Crippen molar-refractivity contribution in [3.63, 3.8) is 0 Å². The van der Waals surface area contributed by atoms with Crippen LogP contribution < -0.4 is 0 Å². The molecule has 0 N–H and O–H groups in total. The van der Waals surface area contributed by atoms with E-state index in [1.165, 1.54) is 36.0 Å². The molecule has 0 saturated heterocycles. The average molecular weight is 161 g/mol. The molecule has 1 aliphatic carbocycles. The molecule has 0 aromatic rings. The van der Waals surface area contributed by atoms with Crippen LogP contribution in [0.3, 0.4) is 0 Å². The molecule has 1 radical (unpaired) electrons. The molecule has 0 amide bonds. The van der Waals surface area contributed by atoms with E-state index >= 15 is 0 Å². The summed E-state index contributed by atoms with van der Waals surface area (Å²) in [5, 5.41) is 0. The molecule has 0 unspecified atom stereocenters. The summed E-state index contributed by atoms with van der Waals surface area (Å²) in [6, 6.07) is 0. The first-order chi connectivity index (χ1) is 5.74. The summed E-state index contributed by atoms with van der Waals surface area (Å²) in [6.07, 6.45) is 11.5. The van der Waals surface area contributed by atoms with E-state index in [4.69, 9.17) is 0 Å². The highest BCUT2D eigenvalue weighted by atomic mass is 14.1. The van der Waals surface area contributed by atoms with Gasteiger partial charge in [0.05, 0.1) is 0 Å². The van der Waals surface area contributed by atoms with E-state index in [0.717, 1.165) is 0 Å². The zero-order valence-corrected chi connectivity index (χ0v) is 8.28. The van der Waals surface area contributed by atoms with E-state index in [2.05, 4.69) is 39.0 Å². The Morgan fingerprint density at radius 3 is 2.58 bits per heavy atom. The first-order valence-electron chi connectivity index (χ1n) is 4.72. The van der Waals surface area contributed by atoms with E-state index in [1.54, 1.807) is 0 Å². The normalized spacial score (nSPS) is 15.2. The standard InChI is InChI=1S/C12H17/c1-4-5-6-11-7-8-12(9-11)10(2)3/h7-8H,4-6H2,1-3H3. The molecule has 0 heteroatoms. The Labute approximate surface area is 75.7 Å². The molecule has 0 heterocycles. The fourth-order valence-electron chi connectivity index (χ4n) is 1.24. The van der Waals surface area contributed by atoms with E-state index in [1.807, 2.05) is 0 Å². The Morgan fingerprint density at radius 1 is 1.33 bits per heavy atom. The number of allylic oxidation sites excluding steroid dienone is 6. The second kappa shape index (κ2) is 4.30. The van der Waals surface area contributed by atoms with Gasteiger partial charge < -0.3 is 0 Å². The first kappa shape index (κ1) is 9.31. The summed E-state index contributed by atoms with van der Waals surface area (Å²) < 4.78 is 0. The van der Waals surface area contributed by atoms with Gasteiger partial charge in [-0.05, 0) is 43.9 Å². The van der Waals surface area contributed by atoms with E-state index in [0.29, 0.717) is 0 Å². The van der Waals surface area contributed by atoms with Crippen LogP contribution in [0.4, 0.5) is 0 Å². The molecular weight excluding hydrogens is 144 g/mol. The highest BCUT2D eigenvalue weighted by molar-refractivity contribution is 5.43. The Hall–Kier alpha value is -0.780. The van der Waals surface area contributed by atoms with Crippen LogP contribution in [0.2, 0.25) is 0 Å². The van der Waals surface area contributed by atoms with Crippen molar-refractivity contribution in [1.29, 1.82) is 0 Å². The van der Waals surface area contributed by atoms with Crippen LogP contribution in [-0.4, -0.2) is 0 Å². The predicted molar refractivity (Wildman–Crippen MR) is 53.8 cm³/mol. The molecule has 0 atom stereocenters. The van der Waals surface area contributed by atoms with Crippen molar-refractivity contribution in [3.05, 3.63) is 34.9 Å².